The van der Waals surface area contributed by atoms with Gasteiger partial charge in [0.25, 0.3) is 0 Å². The van der Waals surface area contributed by atoms with E-state index in [-0.39, 0.29) is 6.73 Å². The molecule has 74 valence electrons. The molecule has 0 bridgehead atoms. The molecule has 1 aromatic carbocycles. The molecule has 0 amide bonds. The molecular formula is C8H9BNO3S-. The molecule has 0 aromatic heterocycles. The molecule has 0 aliphatic heterocycles. The molecule has 6 heteroatoms. The van der Waals surface area contributed by atoms with E-state index >= 15 is 0 Å². The van der Waals surface area contributed by atoms with Crippen LogP contribution in [-0.2, 0) is 22.1 Å². The molecule has 2 radical (unpaired) electrons. The van der Waals surface area contributed by atoms with Gasteiger partial charge in [0.2, 0.25) is 0 Å². The predicted octanol–water partition coefficient (Wildman–Crippen LogP) is -0.662. The summed E-state index contributed by atoms with van der Waals surface area (Å²) in [5.74, 6) is 0. The van der Waals surface area contributed by atoms with E-state index in [9.17, 15) is 8.76 Å². The second-order valence-electron chi connectivity index (χ2n) is 2.64. The van der Waals surface area contributed by atoms with Gasteiger partial charge in [0.1, 0.15) is 14.6 Å². The summed E-state index contributed by atoms with van der Waals surface area (Å²) < 4.78 is 24.2. The molecule has 1 atom stereocenters. The lowest BCUT2D eigenvalue weighted by Crippen LogP contribution is -2.19. The summed E-state index contributed by atoms with van der Waals surface area (Å²) in [4.78, 5) is 0. The van der Waals surface area contributed by atoms with E-state index in [0.29, 0.717) is 12.0 Å². The molecular weight excluding hydrogens is 201 g/mol. The van der Waals surface area contributed by atoms with Crippen LogP contribution in [0.15, 0.2) is 24.3 Å². The first kappa shape index (κ1) is 11.4. The van der Waals surface area contributed by atoms with Gasteiger partial charge in [0.05, 0.1) is 11.4 Å². The van der Waals surface area contributed by atoms with Crippen LogP contribution in [-0.4, -0.2) is 23.3 Å². The van der Waals surface area contributed by atoms with E-state index in [4.69, 9.17) is 7.85 Å². The van der Waals surface area contributed by atoms with Crippen molar-refractivity contribution in [2.75, 3.05) is 6.73 Å². The Bertz CT molecular complexity index is 321. The maximum absolute atomic E-state index is 9.98. The molecule has 14 heavy (non-hydrogen) atoms. The van der Waals surface area contributed by atoms with Gasteiger partial charge in [0.15, 0.2) is 0 Å². The number of benzene rings is 1. The molecule has 0 fully saturated rings. The normalized spacial score (nSPS) is 12.6. The van der Waals surface area contributed by atoms with Gasteiger partial charge in [-0.15, -0.1) is 0 Å². The van der Waals surface area contributed by atoms with Crippen molar-refractivity contribution in [2.45, 2.75) is 6.54 Å². The first-order valence-corrected chi connectivity index (χ1v) is 4.96. The van der Waals surface area contributed by atoms with Crippen LogP contribution in [0.25, 0.3) is 0 Å². The van der Waals surface area contributed by atoms with Crippen LogP contribution in [0.5, 0.6) is 0 Å². The van der Waals surface area contributed by atoms with Gasteiger partial charge in [0, 0.05) is 6.54 Å². The third-order valence-electron chi connectivity index (χ3n) is 1.54. The minimum absolute atomic E-state index is 0.0368. The lowest BCUT2D eigenvalue weighted by molar-refractivity contribution is 0.272. The Morgan fingerprint density at radius 1 is 1.57 bits per heavy atom. The molecule has 1 N–H and O–H groups in total. The summed E-state index contributed by atoms with van der Waals surface area (Å²) in [5.41, 5.74) is 1.66. The Morgan fingerprint density at radius 2 is 2.36 bits per heavy atom. The van der Waals surface area contributed by atoms with Crippen LogP contribution in [0.2, 0.25) is 0 Å². The zero-order valence-corrected chi connectivity index (χ0v) is 8.25. The molecule has 0 aliphatic carbocycles. The van der Waals surface area contributed by atoms with Gasteiger partial charge < -0.3 is 4.55 Å². The quantitative estimate of drug-likeness (QED) is 0.303. The van der Waals surface area contributed by atoms with Crippen LogP contribution in [0, 0.1) is 0 Å². The third-order valence-corrected chi connectivity index (χ3v) is 1.85. The molecule has 0 aliphatic rings. The first-order valence-electron chi connectivity index (χ1n) is 3.96. The lowest BCUT2D eigenvalue weighted by atomic mass is 9.94. The Kier molecular flexibility index (Phi) is 4.82. The summed E-state index contributed by atoms with van der Waals surface area (Å²) in [6.07, 6.45) is 0. The van der Waals surface area contributed by atoms with Crippen molar-refractivity contribution in [3.05, 3.63) is 29.8 Å². The highest BCUT2D eigenvalue weighted by molar-refractivity contribution is 7.74. The highest BCUT2D eigenvalue weighted by Crippen LogP contribution is 1.94. The van der Waals surface area contributed by atoms with Gasteiger partial charge in [-0.3, -0.25) is 9.50 Å². The molecule has 1 rings (SSSR count). The number of hydrogen-bond acceptors (Lipinski definition) is 4. The third kappa shape index (κ3) is 4.52. The fourth-order valence-corrected chi connectivity index (χ4v) is 1.17. The summed E-state index contributed by atoms with van der Waals surface area (Å²) in [7, 11) is 5.55. The highest BCUT2D eigenvalue weighted by Gasteiger charge is 1.92. The zero-order chi connectivity index (χ0) is 10.4. The summed E-state index contributed by atoms with van der Waals surface area (Å²) in [5, 5.41) is 2.79. The van der Waals surface area contributed by atoms with E-state index in [0.717, 1.165) is 5.56 Å². The van der Waals surface area contributed by atoms with Crippen LogP contribution in [0.1, 0.15) is 5.56 Å². The molecule has 0 heterocycles. The molecule has 0 saturated carbocycles. The van der Waals surface area contributed by atoms with E-state index in [1.165, 1.54) is 0 Å². The second kappa shape index (κ2) is 5.92. The van der Waals surface area contributed by atoms with E-state index in [1.54, 1.807) is 12.1 Å². The fraction of sp³-hybridized carbons (Fsp3) is 0.250. The van der Waals surface area contributed by atoms with Crippen LogP contribution < -0.4 is 10.8 Å². The predicted molar refractivity (Wildman–Crippen MR) is 53.5 cm³/mol. The van der Waals surface area contributed by atoms with Gasteiger partial charge >= 0.3 is 0 Å². The maximum atomic E-state index is 9.98. The highest BCUT2D eigenvalue weighted by atomic mass is 32.2. The van der Waals surface area contributed by atoms with Crippen molar-refractivity contribution in [1.29, 1.82) is 0 Å². The van der Waals surface area contributed by atoms with Crippen LogP contribution in [0.3, 0.4) is 0 Å². The maximum Gasteiger partial charge on any atom is 0.113 e. The lowest BCUT2D eigenvalue weighted by Gasteiger charge is -2.07. The Hall–Kier alpha value is -0.685. The number of hydrogen-bond donors (Lipinski definition) is 1. The van der Waals surface area contributed by atoms with Gasteiger partial charge in [-0.1, -0.05) is 29.7 Å². The zero-order valence-electron chi connectivity index (χ0n) is 7.43. The van der Waals surface area contributed by atoms with Crippen LogP contribution in [0.4, 0.5) is 0 Å². The standard InChI is InChI=1S/C8H10BNO3S/c9-8-3-1-2-7(4-8)5-10-6-13-14(11)12/h1-4,10H,5-6H2,(H,11,12)/p-1. The van der Waals surface area contributed by atoms with Crippen LogP contribution >= 0.6 is 0 Å². The topological polar surface area (TPSA) is 61.4 Å². The van der Waals surface area contributed by atoms with Gasteiger partial charge in [-0.05, 0) is 5.56 Å². The minimum atomic E-state index is -2.47. The Labute approximate surface area is 86.6 Å². The largest absolute Gasteiger partial charge is 0.750 e. The van der Waals surface area contributed by atoms with E-state index < -0.39 is 11.4 Å². The molecule has 1 unspecified atom stereocenters. The smallest absolute Gasteiger partial charge is 0.113 e. The van der Waals surface area contributed by atoms with Gasteiger partial charge in [-0.2, -0.15) is 0 Å². The monoisotopic (exact) mass is 210 g/mol. The Balaban J connectivity index is 2.28. The van der Waals surface area contributed by atoms with Crippen molar-refractivity contribution >= 4 is 24.7 Å². The van der Waals surface area contributed by atoms with Crippen molar-refractivity contribution < 1.29 is 12.9 Å². The summed E-state index contributed by atoms with van der Waals surface area (Å²) in [6.45, 7) is 0.479. The van der Waals surface area contributed by atoms with Crippen molar-refractivity contribution in [3.8, 4) is 0 Å². The second-order valence-corrected chi connectivity index (χ2v) is 3.28. The van der Waals surface area contributed by atoms with Crippen molar-refractivity contribution in [2.24, 2.45) is 0 Å². The minimum Gasteiger partial charge on any atom is -0.750 e. The summed E-state index contributed by atoms with van der Waals surface area (Å²) >= 11 is -2.47. The van der Waals surface area contributed by atoms with E-state index in [1.807, 2.05) is 12.1 Å². The summed E-state index contributed by atoms with van der Waals surface area (Å²) in [6, 6.07) is 7.31. The van der Waals surface area contributed by atoms with Gasteiger partial charge in [-0.25, -0.2) is 4.21 Å². The number of rotatable bonds is 5. The molecule has 0 saturated heterocycles. The van der Waals surface area contributed by atoms with Crippen molar-refractivity contribution in [3.63, 3.8) is 0 Å². The van der Waals surface area contributed by atoms with Crippen molar-refractivity contribution in [1.82, 2.24) is 5.32 Å². The Morgan fingerprint density at radius 3 is 3.00 bits per heavy atom. The first-order chi connectivity index (χ1) is 6.68. The average Bonchev–Trinajstić information content (AvgIpc) is 2.12. The molecule has 4 nitrogen and oxygen atoms in total. The molecule has 1 aromatic rings. The average molecular weight is 210 g/mol. The SMILES string of the molecule is [B]c1cccc(CNCOS(=O)[O-])c1. The molecule has 0 spiro atoms. The number of nitrogens with one attached hydrogen (secondary N) is 1. The van der Waals surface area contributed by atoms with E-state index in [2.05, 4.69) is 9.50 Å². The fourth-order valence-electron chi connectivity index (χ4n) is 0.988.